The Morgan fingerprint density at radius 2 is 1.50 bits per heavy atom. The highest BCUT2D eigenvalue weighted by atomic mass is 16.5. The van der Waals surface area contributed by atoms with Gasteiger partial charge in [-0.25, -0.2) is 0 Å². The first-order chi connectivity index (χ1) is 8.33. The van der Waals surface area contributed by atoms with Crippen LogP contribution in [0.5, 0.6) is 0 Å². The van der Waals surface area contributed by atoms with Crippen LogP contribution in [0, 0.1) is 11.8 Å². The van der Waals surface area contributed by atoms with Crippen molar-refractivity contribution in [3.63, 3.8) is 0 Å². The summed E-state index contributed by atoms with van der Waals surface area (Å²) in [5.41, 5.74) is 0. The lowest BCUT2D eigenvalue weighted by molar-refractivity contribution is -0.148. The maximum Gasteiger partial charge on any atom is 0.322 e. The normalized spacial score (nSPS) is 15.9. The molecular weight excluding hydrogens is 234 g/mol. The predicted molar refractivity (Wildman–Crippen MR) is 69.0 cm³/mol. The average molecular weight is 259 g/mol. The van der Waals surface area contributed by atoms with Gasteiger partial charge in [-0.1, -0.05) is 20.8 Å². The Morgan fingerprint density at radius 3 is 1.89 bits per heavy atom. The van der Waals surface area contributed by atoms with Crippen molar-refractivity contribution in [2.45, 2.75) is 46.2 Å². The van der Waals surface area contributed by atoms with Crippen molar-refractivity contribution in [2.75, 3.05) is 14.2 Å². The molecule has 18 heavy (non-hydrogen) atoms. The Bertz CT molecular complexity index is 278. The molecule has 0 amide bonds. The first kappa shape index (κ1) is 16.9. The first-order valence-corrected chi connectivity index (χ1v) is 6.25. The Morgan fingerprint density at radius 1 is 1.00 bits per heavy atom. The van der Waals surface area contributed by atoms with Gasteiger partial charge in [0.15, 0.2) is 0 Å². The van der Waals surface area contributed by atoms with Gasteiger partial charge < -0.3 is 14.8 Å². The van der Waals surface area contributed by atoms with Crippen LogP contribution in [0.1, 0.15) is 34.1 Å². The van der Waals surface area contributed by atoms with Crippen LogP contribution >= 0.6 is 0 Å². The van der Waals surface area contributed by atoms with Crippen molar-refractivity contribution in [3.8, 4) is 0 Å². The number of hydrogen-bond acceptors (Lipinski definition) is 5. The fourth-order valence-corrected chi connectivity index (χ4v) is 1.70. The van der Waals surface area contributed by atoms with Gasteiger partial charge in [-0.05, 0) is 19.3 Å². The van der Waals surface area contributed by atoms with E-state index in [1.54, 1.807) is 6.92 Å². The molecule has 5 heteroatoms. The monoisotopic (exact) mass is 259 g/mol. The Labute approximate surface area is 109 Å². The van der Waals surface area contributed by atoms with E-state index in [2.05, 4.69) is 10.1 Å². The van der Waals surface area contributed by atoms with Crippen LogP contribution in [0.15, 0.2) is 0 Å². The number of ether oxygens (including phenoxy) is 2. The molecule has 0 aromatic carbocycles. The highest BCUT2D eigenvalue weighted by Gasteiger charge is 2.27. The molecule has 1 N–H and O–H groups in total. The van der Waals surface area contributed by atoms with Crippen LogP contribution in [0.3, 0.4) is 0 Å². The lowest BCUT2D eigenvalue weighted by Gasteiger charge is -2.25. The molecular formula is C13H25NO4. The number of hydrogen-bond donors (Lipinski definition) is 1. The number of nitrogens with one attached hydrogen (secondary N) is 1. The van der Waals surface area contributed by atoms with E-state index >= 15 is 0 Å². The van der Waals surface area contributed by atoms with E-state index in [-0.39, 0.29) is 23.9 Å². The van der Waals surface area contributed by atoms with Crippen LogP contribution in [0.25, 0.3) is 0 Å². The zero-order valence-corrected chi connectivity index (χ0v) is 12.1. The third-order valence-electron chi connectivity index (χ3n) is 2.98. The van der Waals surface area contributed by atoms with Crippen molar-refractivity contribution in [3.05, 3.63) is 0 Å². The van der Waals surface area contributed by atoms with E-state index in [1.807, 2.05) is 20.8 Å². The molecule has 0 aromatic heterocycles. The second-order valence-corrected chi connectivity index (χ2v) is 4.97. The minimum Gasteiger partial charge on any atom is -0.469 e. The van der Waals surface area contributed by atoms with Gasteiger partial charge in [0.05, 0.1) is 20.1 Å². The summed E-state index contributed by atoms with van der Waals surface area (Å²) in [6, 6.07) is -0.544. The topological polar surface area (TPSA) is 64.6 Å². The molecule has 106 valence electrons. The standard InChI is InChI=1S/C13H25NO4/c1-8(2)7-11(13(16)18-6)14-10(4)9(3)12(15)17-5/h8-11,14H,7H2,1-6H3. The number of carbonyl (C=O) groups excluding carboxylic acids is 2. The molecule has 3 unspecified atom stereocenters. The Kier molecular flexibility index (Phi) is 7.59. The van der Waals surface area contributed by atoms with Gasteiger partial charge in [-0.3, -0.25) is 9.59 Å². The predicted octanol–water partition coefficient (Wildman–Crippen LogP) is 1.36. The largest absolute Gasteiger partial charge is 0.469 e. The Hall–Kier alpha value is -1.10. The van der Waals surface area contributed by atoms with Crippen molar-refractivity contribution >= 4 is 11.9 Å². The summed E-state index contributed by atoms with van der Waals surface area (Å²) >= 11 is 0. The summed E-state index contributed by atoms with van der Waals surface area (Å²) in [6.07, 6.45) is 0.672. The second kappa shape index (κ2) is 8.08. The number of rotatable bonds is 7. The molecule has 0 radical (unpaired) electrons. The van der Waals surface area contributed by atoms with Crippen LogP contribution in [0.4, 0.5) is 0 Å². The molecule has 0 fully saturated rings. The van der Waals surface area contributed by atoms with Crippen LogP contribution in [-0.4, -0.2) is 38.2 Å². The lowest BCUT2D eigenvalue weighted by atomic mass is 9.99. The van der Waals surface area contributed by atoms with Crippen LogP contribution in [-0.2, 0) is 19.1 Å². The summed E-state index contributed by atoms with van der Waals surface area (Å²) < 4.78 is 9.45. The number of carbonyl (C=O) groups is 2. The molecule has 0 aliphatic heterocycles. The SMILES string of the molecule is COC(=O)C(CC(C)C)NC(C)C(C)C(=O)OC. The molecule has 0 bridgehead atoms. The molecule has 5 nitrogen and oxygen atoms in total. The average Bonchev–Trinajstić information content (AvgIpc) is 2.34. The zero-order valence-electron chi connectivity index (χ0n) is 12.1. The van der Waals surface area contributed by atoms with Gasteiger partial charge >= 0.3 is 11.9 Å². The van der Waals surface area contributed by atoms with Crippen molar-refractivity contribution < 1.29 is 19.1 Å². The molecule has 3 atom stereocenters. The van der Waals surface area contributed by atoms with Gasteiger partial charge in [0.25, 0.3) is 0 Å². The van der Waals surface area contributed by atoms with E-state index in [0.717, 1.165) is 0 Å². The summed E-state index contributed by atoms with van der Waals surface area (Å²) in [7, 11) is 2.73. The van der Waals surface area contributed by atoms with E-state index in [4.69, 9.17) is 4.74 Å². The fraction of sp³-hybridized carbons (Fsp3) is 0.846. The van der Waals surface area contributed by atoms with Crippen molar-refractivity contribution in [1.29, 1.82) is 0 Å². The van der Waals surface area contributed by atoms with E-state index in [9.17, 15) is 9.59 Å². The summed E-state index contributed by atoms with van der Waals surface area (Å²) in [6.45, 7) is 7.70. The minimum atomic E-state index is -0.392. The molecule has 0 spiro atoms. The van der Waals surface area contributed by atoms with E-state index in [1.165, 1.54) is 14.2 Å². The molecule has 0 heterocycles. The van der Waals surface area contributed by atoms with Gasteiger partial charge in [0.2, 0.25) is 0 Å². The Balaban J connectivity index is 4.56. The molecule has 0 aliphatic carbocycles. The van der Waals surface area contributed by atoms with Crippen molar-refractivity contribution in [2.24, 2.45) is 11.8 Å². The van der Waals surface area contributed by atoms with E-state index in [0.29, 0.717) is 12.3 Å². The summed E-state index contributed by atoms with van der Waals surface area (Å²) in [5, 5.41) is 3.14. The zero-order chi connectivity index (χ0) is 14.3. The molecule has 0 aromatic rings. The smallest absolute Gasteiger partial charge is 0.322 e. The van der Waals surface area contributed by atoms with E-state index < -0.39 is 6.04 Å². The minimum absolute atomic E-state index is 0.153. The maximum atomic E-state index is 11.6. The number of methoxy groups -OCH3 is 2. The lowest BCUT2D eigenvalue weighted by Crippen LogP contribution is -2.47. The quantitative estimate of drug-likeness (QED) is 0.699. The van der Waals surface area contributed by atoms with Crippen LogP contribution in [0.2, 0.25) is 0 Å². The van der Waals surface area contributed by atoms with Gasteiger partial charge in [0, 0.05) is 6.04 Å². The number of esters is 2. The fourth-order valence-electron chi connectivity index (χ4n) is 1.70. The summed E-state index contributed by atoms with van der Waals surface area (Å²) in [5.74, 6) is -0.535. The molecule has 0 saturated carbocycles. The third kappa shape index (κ3) is 5.49. The van der Waals surface area contributed by atoms with Crippen molar-refractivity contribution in [1.82, 2.24) is 5.32 Å². The second-order valence-electron chi connectivity index (χ2n) is 4.97. The first-order valence-electron chi connectivity index (χ1n) is 6.25. The molecule has 0 saturated heterocycles. The highest BCUT2D eigenvalue weighted by Crippen LogP contribution is 2.11. The maximum absolute atomic E-state index is 11.6. The van der Waals surface area contributed by atoms with Gasteiger partial charge in [-0.15, -0.1) is 0 Å². The summed E-state index contributed by atoms with van der Waals surface area (Å²) in [4.78, 5) is 23.1. The molecule has 0 rings (SSSR count). The van der Waals surface area contributed by atoms with Crippen LogP contribution < -0.4 is 5.32 Å². The third-order valence-corrected chi connectivity index (χ3v) is 2.98. The molecule has 0 aliphatic rings. The highest BCUT2D eigenvalue weighted by molar-refractivity contribution is 5.76. The van der Waals surface area contributed by atoms with Gasteiger partial charge in [-0.2, -0.15) is 0 Å². The van der Waals surface area contributed by atoms with Gasteiger partial charge in [0.1, 0.15) is 6.04 Å².